The molecule has 0 saturated heterocycles. The number of anilines is 2. The molecule has 4 N–H and O–H groups in total. The van der Waals surface area contributed by atoms with Gasteiger partial charge >= 0.3 is 0 Å². The molecule has 0 saturated carbocycles. The summed E-state index contributed by atoms with van der Waals surface area (Å²) in [5.74, 6) is 0.211. The number of carbonyl (C=O) groups is 2. The number of nitrogens with zero attached hydrogens (tertiary/aromatic N) is 4. The Hall–Kier alpha value is -4.96. The predicted molar refractivity (Wildman–Crippen MR) is 150 cm³/mol. The first kappa shape index (κ1) is 25.7. The number of rotatable bonds is 9. The molecule has 0 unspecified atom stereocenters. The molecule has 2 amide bonds. The van der Waals surface area contributed by atoms with E-state index >= 15 is 0 Å². The van der Waals surface area contributed by atoms with Gasteiger partial charge < -0.3 is 20.9 Å². The zero-order chi connectivity index (χ0) is 27.2. The van der Waals surface area contributed by atoms with E-state index in [1.807, 2.05) is 48.5 Å². The van der Waals surface area contributed by atoms with Crippen LogP contribution in [0.3, 0.4) is 0 Å². The van der Waals surface area contributed by atoms with Crippen LogP contribution < -0.4 is 16.0 Å². The average molecular weight is 541 g/mol. The van der Waals surface area contributed by atoms with Gasteiger partial charge in [-0.25, -0.2) is 14.6 Å². The van der Waals surface area contributed by atoms with Crippen molar-refractivity contribution < 1.29 is 9.59 Å². The third-order valence-electron chi connectivity index (χ3n) is 5.93. The van der Waals surface area contributed by atoms with Crippen LogP contribution in [-0.2, 0) is 6.42 Å². The molecule has 0 bridgehead atoms. The molecule has 0 atom stereocenters. The summed E-state index contributed by atoms with van der Waals surface area (Å²) in [5, 5.41) is 13.5. The van der Waals surface area contributed by atoms with Gasteiger partial charge in [0.2, 0.25) is 0 Å². The van der Waals surface area contributed by atoms with Crippen LogP contribution in [0.15, 0.2) is 85.3 Å². The van der Waals surface area contributed by atoms with Crippen molar-refractivity contribution in [2.75, 3.05) is 24.2 Å². The van der Waals surface area contributed by atoms with Crippen molar-refractivity contribution in [2.45, 2.75) is 6.42 Å². The Labute approximate surface area is 229 Å². The summed E-state index contributed by atoms with van der Waals surface area (Å²) < 4.78 is 1.51. The van der Waals surface area contributed by atoms with Gasteiger partial charge in [-0.05, 0) is 36.4 Å². The van der Waals surface area contributed by atoms with Crippen LogP contribution in [0.25, 0.3) is 16.9 Å². The van der Waals surface area contributed by atoms with E-state index in [1.54, 1.807) is 37.8 Å². The molecule has 3 heterocycles. The van der Waals surface area contributed by atoms with Crippen molar-refractivity contribution in [1.29, 1.82) is 0 Å². The fourth-order valence-electron chi connectivity index (χ4n) is 3.95. The van der Waals surface area contributed by atoms with Crippen molar-refractivity contribution >= 4 is 35.1 Å². The minimum atomic E-state index is -0.449. The molecular formula is C28H25ClN8O2. The first-order valence-electron chi connectivity index (χ1n) is 12.2. The molecule has 0 spiro atoms. The van der Waals surface area contributed by atoms with E-state index in [0.29, 0.717) is 36.0 Å². The highest BCUT2D eigenvalue weighted by molar-refractivity contribution is 6.34. The maximum atomic E-state index is 13.4. The molecule has 3 aromatic heterocycles. The van der Waals surface area contributed by atoms with E-state index in [0.717, 1.165) is 11.3 Å². The molecule has 10 nitrogen and oxygen atoms in total. The molecular weight excluding hydrogens is 516 g/mol. The van der Waals surface area contributed by atoms with Gasteiger partial charge in [0.05, 0.1) is 28.3 Å². The standard InChI is InChI=1S/C28H25ClN8O2/c1-30-25-9-5-8-23(34-25)18-10-11-22(29)21(14-18)27(38)35-26-15-24(36-37(26)20-6-3-2-4-7-20)28(39)32-13-12-19-16-31-17-33-19/h2-11,14-17H,12-13H2,1H3,(H,30,34)(H,31,33)(H,32,39)(H,35,38). The lowest BCUT2D eigenvalue weighted by Crippen LogP contribution is -2.26. The lowest BCUT2D eigenvalue weighted by Gasteiger charge is -2.11. The summed E-state index contributed by atoms with van der Waals surface area (Å²) in [6.07, 6.45) is 3.89. The number of benzene rings is 2. The molecule has 0 aliphatic carbocycles. The van der Waals surface area contributed by atoms with Crippen LogP contribution in [0, 0.1) is 0 Å². The molecule has 5 aromatic rings. The number of para-hydroxylation sites is 1. The number of pyridine rings is 1. The van der Waals surface area contributed by atoms with Crippen LogP contribution in [0.4, 0.5) is 11.6 Å². The lowest BCUT2D eigenvalue weighted by atomic mass is 10.1. The molecule has 5 rings (SSSR count). The predicted octanol–water partition coefficient (Wildman–Crippen LogP) is 4.58. The zero-order valence-electron chi connectivity index (χ0n) is 21.0. The molecule has 39 heavy (non-hydrogen) atoms. The zero-order valence-corrected chi connectivity index (χ0v) is 21.7. The van der Waals surface area contributed by atoms with Crippen LogP contribution in [0.5, 0.6) is 0 Å². The van der Waals surface area contributed by atoms with Gasteiger partial charge in [0, 0.05) is 43.5 Å². The Morgan fingerprint density at radius 2 is 1.85 bits per heavy atom. The molecule has 0 fully saturated rings. The Kier molecular flexibility index (Phi) is 7.65. The number of aromatic nitrogens is 5. The maximum Gasteiger partial charge on any atom is 0.271 e. The minimum absolute atomic E-state index is 0.159. The Bertz CT molecular complexity index is 1600. The van der Waals surface area contributed by atoms with E-state index in [-0.39, 0.29) is 22.2 Å². The Morgan fingerprint density at radius 3 is 2.62 bits per heavy atom. The summed E-state index contributed by atoms with van der Waals surface area (Å²) in [4.78, 5) is 37.8. The second-order valence-electron chi connectivity index (χ2n) is 8.55. The third kappa shape index (κ3) is 5.97. The summed E-state index contributed by atoms with van der Waals surface area (Å²) in [6.45, 7) is 0.395. The highest BCUT2D eigenvalue weighted by atomic mass is 35.5. The van der Waals surface area contributed by atoms with E-state index in [9.17, 15) is 9.59 Å². The second-order valence-corrected chi connectivity index (χ2v) is 8.96. The van der Waals surface area contributed by atoms with Crippen LogP contribution in [-0.4, -0.2) is 50.1 Å². The molecule has 196 valence electrons. The van der Waals surface area contributed by atoms with E-state index in [4.69, 9.17) is 11.6 Å². The number of hydrogen-bond donors (Lipinski definition) is 4. The highest BCUT2D eigenvalue weighted by Crippen LogP contribution is 2.26. The highest BCUT2D eigenvalue weighted by Gasteiger charge is 2.19. The van der Waals surface area contributed by atoms with E-state index in [1.165, 1.54) is 10.7 Å². The van der Waals surface area contributed by atoms with Crippen LogP contribution >= 0.6 is 11.6 Å². The SMILES string of the molecule is CNc1cccc(-c2ccc(Cl)c(C(=O)Nc3cc(C(=O)NCCc4cnc[nH]4)nn3-c3ccccc3)c2)n1. The van der Waals surface area contributed by atoms with Crippen molar-refractivity contribution in [2.24, 2.45) is 0 Å². The number of H-pyrrole nitrogens is 1. The monoisotopic (exact) mass is 540 g/mol. The number of imidazole rings is 1. The quantitative estimate of drug-likeness (QED) is 0.216. The average Bonchev–Trinajstić information content (AvgIpc) is 3.64. The molecule has 0 aliphatic heterocycles. The topological polar surface area (TPSA) is 130 Å². The van der Waals surface area contributed by atoms with Gasteiger partial charge in [-0.1, -0.05) is 41.9 Å². The minimum Gasteiger partial charge on any atom is -0.373 e. The number of nitrogens with one attached hydrogen (secondary N) is 4. The summed E-state index contributed by atoms with van der Waals surface area (Å²) in [7, 11) is 1.79. The second kappa shape index (κ2) is 11.6. The number of carbonyl (C=O) groups excluding carboxylic acids is 2. The molecule has 0 radical (unpaired) electrons. The summed E-state index contributed by atoms with van der Waals surface area (Å²) >= 11 is 6.43. The van der Waals surface area contributed by atoms with Gasteiger partial charge in [0.15, 0.2) is 5.69 Å². The van der Waals surface area contributed by atoms with Gasteiger partial charge in [0.1, 0.15) is 11.6 Å². The maximum absolute atomic E-state index is 13.4. The van der Waals surface area contributed by atoms with Crippen LogP contribution in [0.1, 0.15) is 26.5 Å². The smallest absolute Gasteiger partial charge is 0.271 e. The summed E-state index contributed by atoms with van der Waals surface area (Å²) in [6, 6.07) is 21.5. The number of hydrogen-bond acceptors (Lipinski definition) is 6. The van der Waals surface area contributed by atoms with Crippen molar-refractivity contribution in [3.05, 3.63) is 107 Å². The van der Waals surface area contributed by atoms with Crippen molar-refractivity contribution in [3.8, 4) is 16.9 Å². The first-order valence-corrected chi connectivity index (χ1v) is 12.6. The summed E-state index contributed by atoms with van der Waals surface area (Å²) in [5.41, 5.74) is 3.43. The fraction of sp³-hybridized carbons (Fsp3) is 0.107. The van der Waals surface area contributed by atoms with Gasteiger partial charge in [-0.2, -0.15) is 5.10 Å². The first-order chi connectivity index (χ1) is 19.0. The number of amides is 2. The van der Waals surface area contributed by atoms with E-state index in [2.05, 4.69) is 36.0 Å². The van der Waals surface area contributed by atoms with Crippen LogP contribution in [0.2, 0.25) is 5.02 Å². The largest absolute Gasteiger partial charge is 0.373 e. The Morgan fingerprint density at radius 1 is 1.00 bits per heavy atom. The molecule has 11 heteroatoms. The third-order valence-corrected chi connectivity index (χ3v) is 6.26. The van der Waals surface area contributed by atoms with Gasteiger partial charge in [0.25, 0.3) is 11.8 Å². The molecule has 0 aliphatic rings. The number of aromatic amines is 1. The van der Waals surface area contributed by atoms with Crippen molar-refractivity contribution in [3.63, 3.8) is 0 Å². The molecule has 2 aromatic carbocycles. The normalized spacial score (nSPS) is 10.7. The van der Waals surface area contributed by atoms with Gasteiger partial charge in [-0.15, -0.1) is 0 Å². The lowest BCUT2D eigenvalue weighted by molar-refractivity contribution is 0.0947. The fourth-order valence-corrected chi connectivity index (χ4v) is 4.15. The van der Waals surface area contributed by atoms with E-state index < -0.39 is 5.91 Å². The van der Waals surface area contributed by atoms with Gasteiger partial charge in [-0.3, -0.25) is 9.59 Å². The van der Waals surface area contributed by atoms with Crippen molar-refractivity contribution in [1.82, 2.24) is 30.0 Å². The Balaban J connectivity index is 1.40. The number of halogens is 1.